The van der Waals surface area contributed by atoms with E-state index in [-0.39, 0.29) is 5.56 Å². The van der Waals surface area contributed by atoms with Crippen LogP contribution in [0.1, 0.15) is 16.8 Å². The number of aryl methyl sites for hydroxylation is 2. The molecule has 0 atom stereocenters. The highest BCUT2D eigenvalue weighted by Gasteiger charge is 2.17. The second-order valence-corrected chi connectivity index (χ2v) is 6.80. The van der Waals surface area contributed by atoms with Gasteiger partial charge in [0.15, 0.2) is 5.11 Å². The van der Waals surface area contributed by atoms with E-state index in [4.69, 9.17) is 12.2 Å². The van der Waals surface area contributed by atoms with Crippen molar-refractivity contribution in [3.8, 4) is 5.69 Å². The number of hydrogen-bond acceptors (Lipinski definition) is 2. The molecule has 0 amide bonds. The van der Waals surface area contributed by atoms with Gasteiger partial charge in [0.25, 0.3) is 5.56 Å². The molecule has 5 nitrogen and oxygen atoms in total. The minimum absolute atomic E-state index is 0.138. The zero-order valence-corrected chi connectivity index (χ0v) is 16.1. The number of para-hydroxylation sites is 1. The predicted molar refractivity (Wildman–Crippen MR) is 112 cm³/mol. The average molecular weight is 366 g/mol. The molecule has 0 fully saturated rings. The minimum Gasteiger partial charge on any atom is -0.332 e. The summed E-state index contributed by atoms with van der Waals surface area (Å²) in [6.07, 6.45) is 0. The summed E-state index contributed by atoms with van der Waals surface area (Å²) in [4.78, 5) is 12.9. The molecule has 0 saturated carbocycles. The highest BCUT2D eigenvalue weighted by atomic mass is 32.1. The number of benzene rings is 2. The molecule has 1 aromatic heterocycles. The van der Waals surface area contributed by atoms with Crippen LogP contribution in [0.2, 0.25) is 0 Å². The number of rotatable bonds is 3. The Morgan fingerprint density at radius 2 is 1.58 bits per heavy atom. The van der Waals surface area contributed by atoms with Crippen molar-refractivity contribution in [1.29, 1.82) is 0 Å². The van der Waals surface area contributed by atoms with Crippen molar-refractivity contribution < 1.29 is 0 Å². The summed E-state index contributed by atoms with van der Waals surface area (Å²) < 4.78 is 3.44. The summed E-state index contributed by atoms with van der Waals surface area (Å²) in [5.74, 6) is 0. The van der Waals surface area contributed by atoms with Crippen LogP contribution in [0.3, 0.4) is 0 Å². The molecule has 2 aromatic carbocycles. The lowest BCUT2D eigenvalue weighted by Gasteiger charge is -2.11. The van der Waals surface area contributed by atoms with Gasteiger partial charge in [-0.3, -0.25) is 9.48 Å². The zero-order chi connectivity index (χ0) is 18.8. The Bertz CT molecular complexity index is 998. The monoisotopic (exact) mass is 366 g/mol. The van der Waals surface area contributed by atoms with Gasteiger partial charge in [-0.05, 0) is 68.4 Å². The molecule has 0 aliphatic heterocycles. The molecule has 0 radical (unpaired) electrons. The fourth-order valence-corrected chi connectivity index (χ4v) is 3.25. The molecule has 0 bridgehead atoms. The van der Waals surface area contributed by atoms with E-state index in [9.17, 15) is 4.79 Å². The van der Waals surface area contributed by atoms with Crippen molar-refractivity contribution in [2.45, 2.75) is 20.8 Å². The number of anilines is 2. The normalized spacial score (nSPS) is 10.6. The Morgan fingerprint density at radius 1 is 0.962 bits per heavy atom. The lowest BCUT2D eigenvalue weighted by molar-refractivity contribution is 0.630. The molecule has 1 heterocycles. The standard InChI is InChI=1S/C20H22N4OS/c1-13-10-14(2)12-16(11-13)21-20(26)22-18-15(3)23(4)24(19(18)25)17-8-6-5-7-9-17/h5-12H,1-4H3,(H2,21,22,26). The van der Waals surface area contributed by atoms with Crippen LogP contribution < -0.4 is 16.2 Å². The average Bonchev–Trinajstić information content (AvgIpc) is 2.78. The van der Waals surface area contributed by atoms with Gasteiger partial charge >= 0.3 is 0 Å². The number of aromatic nitrogens is 2. The molecule has 0 saturated heterocycles. The summed E-state index contributed by atoms with van der Waals surface area (Å²) in [6, 6.07) is 15.7. The number of nitrogens with one attached hydrogen (secondary N) is 2. The van der Waals surface area contributed by atoms with Crippen molar-refractivity contribution in [2.24, 2.45) is 7.05 Å². The van der Waals surface area contributed by atoms with Crippen LogP contribution in [0.5, 0.6) is 0 Å². The topological polar surface area (TPSA) is 51.0 Å². The molecular formula is C20H22N4OS. The van der Waals surface area contributed by atoms with Crippen molar-refractivity contribution >= 4 is 28.7 Å². The molecule has 0 unspecified atom stereocenters. The van der Waals surface area contributed by atoms with Crippen LogP contribution >= 0.6 is 12.2 Å². The van der Waals surface area contributed by atoms with E-state index in [1.54, 1.807) is 4.68 Å². The third-order valence-corrected chi connectivity index (χ3v) is 4.48. The number of nitrogens with zero attached hydrogens (tertiary/aromatic N) is 2. The molecule has 3 aromatic rings. The van der Waals surface area contributed by atoms with Gasteiger partial charge < -0.3 is 10.6 Å². The van der Waals surface area contributed by atoms with E-state index in [1.165, 1.54) is 0 Å². The number of thiocarbonyl (C=S) groups is 1. The van der Waals surface area contributed by atoms with Crippen LogP contribution in [0.25, 0.3) is 5.69 Å². The van der Waals surface area contributed by atoms with Gasteiger partial charge in [-0.1, -0.05) is 24.3 Å². The van der Waals surface area contributed by atoms with Crippen molar-refractivity contribution in [3.05, 3.63) is 75.7 Å². The quantitative estimate of drug-likeness (QED) is 0.690. The predicted octanol–water partition coefficient (Wildman–Crippen LogP) is 3.91. The van der Waals surface area contributed by atoms with E-state index in [0.29, 0.717) is 10.8 Å². The fraction of sp³-hybridized carbons (Fsp3) is 0.200. The SMILES string of the molecule is Cc1cc(C)cc(NC(=S)Nc2c(C)n(C)n(-c3ccccc3)c2=O)c1. The maximum Gasteiger partial charge on any atom is 0.295 e. The van der Waals surface area contributed by atoms with Gasteiger partial charge in [0.2, 0.25) is 0 Å². The Hall–Kier alpha value is -2.86. The van der Waals surface area contributed by atoms with Gasteiger partial charge in [-0.2, -0.15) is 0 Å². The molecule has 6 heteroatoms. The molecule has 134 valence electrons. The van der Waals surface area contributed by atoms with Gasteiger partial charge in [0.05, 0.1) is 11.4 Å². The van der Waals surface area contributed by atoms with Crippen LogP contribution in [-0.4, -0.2) is 14.5 Å². The van der Waals surface area contributed by atoms with Gasteiger partial charge in [-0.25, -0.2) is 4.68 Å². The lowest BCUT2D eigenvalue weighted by atomic mass is 10.1. The highest BCUT2D eigenvalue weighted by molar-refractivity contribution is 7.80. The molecule has 0 aliphatic rings. The van der Waals surface area contributed by atoms with Gasteiger partial charge in [-0.15, -0.1) is 0 Å². The Labute approximate surface area is 158 Å². The first-order chi connectivity index (χ1) is 12.4. The van der Waals surface area contributed by atoms with Gasteiger partial charge in [0, 0.05) is 12.7 Å². The Balaban J connectivity index is 1.88. The molecule has 3 rings (SSSR count). The smallest absolute Gasteiger partial charge is 0.295 e. The third kappa shape index (κ3) is 3.55. The minimum atomic E-state index is -0.138. The van der Waals surface area contributed by atoms with Crippen LogP contribution in [0.4, 0.5) is 11.4 Å². The van der Waals surface area contributed by atoms with Crippen LogP contribution in [-0.2, 0) is 7.05 Å². The van der Waals surface area contributed by atoms with E-state index in [0.717, 1.165) is 28.2 Å². The molecule has 26 heavy (non-hydrogen) atoms. The first kappa shape index (κ1) is 17.9. The van der Waals surface area contributed by atoms with E-state index < -0.39 is 0 Å². The summed E-state index contributed by atoms with van der Waals surface area (Å²) in [5.41, 5.74) is 5.15. The Morgan fingerprint density at radius 3 is 2.19 bits per heavy atom. The van der Waals surface area contributed by atoms with Crippen LogP contribution in [0, 0.1) is 20.8 Å². The maximum atomic E-state index is 12.9. The lowest BCUT2D eigenvalue weighted by Crippen LogP contribution is -2.25. The maximum absolute atomic E-state index is 12.9. The third-order valence-electron chi connectivity index (χ3n) is 4.27. The summed E-state index contributed by atoms with van der Waals surface area (Å²) >= 11 is 5.41. The summed E-state index contributed by atoms with van der Waals surface area (Å²) in [7, 11) is 1.86. The first-order valence-corrected chi connectivity index (χ1v) is 8.78. The van der Waals surface area contributed by atoms with E-state index in [2.05, 4.69) is 16.7 Å². The number of hydrogen-bond donors (Lipinski definition) is 2. The van der Waals surface area contributed by atoms with E-state index in [1.807, 2.05) is 75.0 Å². The van der Waals surface area contributed by atoms with Gasteiger partial charge in [0.1, 0.15) is 5.69 Å². The fourth-order valence-electron chi connectivity index (χ4n) is 3.03. The first-order valence-electron chi connectivity index (χ1n) is 8.37. The van der Waals surface area contributed by atoms with Crippen molar-refractivity contribution in [3.63, 3.8) is 0 Å². The summed E-state index contributed by atoms with van der Waals surface area (Å²) in [6.45, 7) is 5.96. The molecule has 0 aliphatic carbocycles. The van der Waals surface area contributed by atoms with Crippen LogP contribution in [0.15, 0.2) is 53.3 Å². The second-order valence-electron chi connectivity index (χ2n) is 6.39. The highest BCUT2D eigenvalue weighted by Crippen LogP contribution is 2.16. The zero-order valence-electron chi connectivity index (χ0n) is 15.3. The summed E-state index contributed by atoms with van der Waals surface area (Å²) in [5, 5.41) is 6.61. The molecule has 2 N–H and O–H groups in total. The second kappa shape index (κ2) is 7.17. The molecule has 0 spiro atoms. The largest absolute Gasteiger partial charge is 0.332 e. The van der Waals surface area contributed by atoms with Crippen molar-refractivity contribution in [1.82, 2.24) is 9.36 Å². The van der Waals surface area contributed by atoms with E-state index >= 15 is 0 Å². The Kier molecular flexibility index (Phi) is 4.95. The molecular weight excluding hydrogens is 344 g/mol. The van der Waals surface area contributed by atoms with Crippen molar-refractivity contribution in [2.75, 3.05) is 10.6 Å².